The van der Waals surface area contributed by atoms with Crippen LogP contribution in [0.5, 0.6) is 0 Å². The molecule has 3 nitrogen and oxygen atoms in total. The lowest BCUT2D eigenvalue weighted by Gasteiger charge is -1.83. The fourth-order valence-corrected chi connectivity index (χ4v) is 0.623. The minimum absolute atomic E-state index is 0.525. The van der Waals surface area contributed by atoms with Crippen molar-refractivity contribution in [2.75, 3.05) is 12.4 Å². The van der Waals surface area contributed by atoms with Gasteiger partial charge in [-0.05, 0) is 15.9 Å². The molecular weight excluding hydrogens is 172 g/mol. The molecular formula is C4H5BrN2O. The molecule has 8 heavy (non-hydrogen) atoms. The highest BCUT2D eigenvalue weighted by atomic mass is 79.9. The molecule has 0 radical (unpaired) electrons. The van der Waals surface area contributed by atoms with Crippen molar-refractivity contribution in [3.63, 3.8) is 0 Å². The molecule has 0 fully saturated rings. The largest absolute Gasteiger partial charge is 0.431 e. The number of halogens is 1. The molecule has 0 saturated heterocycles. The Labute approximate surface area is 55.2 Å². The van der Waals surface area contributed by atoms with Crippen LogP contribution in [0, 0.1) is 0 Å². The highest BCUT2D eigenvalue weighted by Crippen LogP contribution is 2.10. The van der Waals surface area contributed by atoms with Crippen LogP contribution >= 0.6 is 15.9 Å². The molecule has 1 N–H and O–H groups in total. The fraction of sp³-hybridized carbons (Fsp3) is 0.250. The molecule has 0 aliphatic heterocycles. The Morgan fingerprint density at radius 2 is 2.62 bits per heavy atom. The average molecular weight is 177 g/mol. The lowest BCUT2D eigenvalue weighted by atomic mass is 11.0. The topological polar surface area (TPSA) is 38.1 Å². The van der Waals surface area contributed by atoms with Crippen molar-refractivity contribution in [2.45, 2.75) is 0 Å². The highest BCUT2D eigenvalue weighted by Gasteiger charge is 1.94. The summed E-state index contributed by atoms with van der Waals surface area (Å²) in [4.78, 5) is 3.87. The number of anilines is 1. The van der Waals surface area contributed by atoms with Gasteiger partial charge in [0.15, 0.2) is 0 Å². The van der Waals surface area contributed by atoms with E-state index in [1.807, 2.05) is 0 Å². The maximum Gasteiger partial charge on any atom is 0.295 e. The molecule has 1 aromatic heterocycles. The van der Waals surface area contributed by atoms with E-state index in [0.29, 0.717) is 10.6 Å². The second kappa shape index (κ2) is 2.17. The Kier molecular flexibility index (Phi) is 1.53. The molecule has 1 rings (SSSR count). The second-order valence-corrected chi connectivity index (χ2v) is 2.04. The number of nitrogens with zero attached hydrogens (tertiary/aromatic N) is 1. The van der Waals surface area contributed by atoms with Gasteiger partial charge in [-0.2, -0.15) is 4.98 Å². The van der Waals surface area contributed by atoms with Crippen LogP contribution in [0.2, 0.25) is 0 Å². The normalized spacial score (nSPS) is 9.25. The molecule has 0 atom stereocenters. The summed E-state index contributed by atoms with van der Waals surface area (Å²) >= 11 is 3.13. The first-order chi connectivity index (χ1) is 3.83. The zero-order valence-corrected chi connectivity index (χ0v) is 5.90. The molecule has 0 aromatic carbocycles. The third-order valence-corrected chi connectivity index (χ3v) is 1.05. The molecule has 0 aliphatic carbocycles. The first-order valence-corrected chi connectivity index (χ1v) is 2.91. The Morgan fingerprint density at radius 3 is 2.88 bits per heavy atom. The lowest BCUT2D eigenvalue weighted by Crippen LogP contribution is -1.85. The van der Waals surface area contributed by atoms with E-state index in [1.165, 1.54) is 6.26 Å². The molecule has 1 heterocycles. The van der Waals surface area contributed by atoms with E-state index in [-0.39, 0.29) is 0 Å². The smallest absolute Gasteiger partial charge is 0.295 e. The maximum absolute atomic E-state index is 4.84. The van der Waals surface area contributed by atoms with Crippen molar-refractivity contribution >= 4 is 21.9 Å². The molecule has 4 heteroatoms. The summed E-state index contributed by atoms with van der Waals surface area (Å²) in [5.41, 5.74) is 0. The van der Waals surface area contributed by atoms with E-state index < -0.39 is 0 Å². The van der Waals surface area contributed by atoms with E-state index in [1.54, 1.807) is 7.05 Å². The highest BCUT2D eigenvalue weighted by molar-refractivity contribution is 9.10. The molecule has 0 spiro atoms. The van der Waals surface area contributed by atoms with Crippen molar-refractivity contribution in [3.8, 4) is 0 Å². The van der Waals surface area contributed by atoms with Crippen molar-refractivity contribution in [1.29, 1.82) is 0 Å². The Balaban J connectivity index is 2.84. The first-order valence-electron chi connectivity index (χ1n) is 2.11. The van der Waals surface area contributed by atoms with Gasteiger partial charge in [-0.1, -0.05) is 0 Å². The summed E-state index contributed by atoms with van der Waals surface area (Å²) in [6, 6.07) is 0.525. The minimum Gasteiger partial charge on any atom is -0.431 e. The van der Waals surface area contributed by atoms with Crippen LogP contribution in [-0.2, 0) is 0 Å². The lowest BCUT2D eigenvalue weighted by molar-refractivity contribution is 0.575. The average Bonchev–Trinajstić information content (AvgIpc) is 2.14. The number of nitrogens with one attached hydrogen (secondary N) is 1. The number of rotatable bonds is 1. The third kappa shape index (κ3) is 1.01. The van der Waals surface area contributed by atoms with Gasteiger partial charge in [0.1, 0.15) is 10.9 Å². The van der Waals surface area contributed by atoms with Gasteiger partial charge in [-0.3, -0.25) is 0 Å². The summed E-state index contributed by atoms with van der Waals surface area (Å²) < 4.78 is 5.55. The third-order valence-electron chi connectivity index (χ3n) is 0.690. The molecule has 0 unspecified atom stereocenters. The summed E-state index contributed by atoms with van der Waals surface area (Å²) in [7, 11) is 1.75. The van der Waals surface area contributed by atoms with Crippen molar-refractivity contribution in [2.24, 2.45) is 0 Å². The summed E-state index contributed by atoms with van der Waals surface area (Å²) in [6.45, 7) is 0. The van der Waals surface area contributed by atoms with E-state index >= 15 is 0 Å². The van der Waals surface area contributed by atoms with Crippen LogP contribution in [0.15, 0.2) is 15.3 Å². The zero-order valence-electron chi connectivity index (χ0n) is 4.31. The summed E-state index contributed by atoms with van der Waals surface area (Å²) in [6.07, 6.45) is 1.52. The molecule has 1 aromatic rings. The first kappa shape index (κ1) is 5.62. The number of hydrogen-bond acceptors (Lipinski definition) is 3. The molecule has 0 saturated carbocycles. The minimum atomic E-state index is 0.525. The van der Waals surface area contributed by atoms with Gasteiger partial charge >= 0.3 is 0 Å². The number of oxazole rings is 1. The van der Waals surface area contributed by atoms with Crippen LogP contribution in [0.4, 0.5) is 6.01 Å². The van der Waals surface area contributed by atoms with Gasteiger partial charge in [-0.25, -0.2) is 0 Å². The Hall–Kier alpha value is -0.510. The van der Waals surface area contributed by atoms with Crippen molar-refractivity contribution in [1.82, 2.24) is 4.98 Å². The van der Waals surface area contributed by atoms with E-state index in [2.05, 4.69) is 26.2 Å². The van der Waals surface area contributed by atoms with E-state index in [4.69, 9.17) is 4.42 Å². The Morgan fingerprint density at radius 1 is 1.88 bits per heavy atom. The standard InChI is InChI=1S/C4H5BrN2O/c1-6-4-7-3(5)2-8-4/h2H,1H3,(H,6,7). The van der Waals surface area contributed by atoms with Gasteiger partial charge in [0, 0.05) is 7.05 Å². The van der Waals surface area contributed by atoms with E-state index in [9.17, 15) is 0 Å². The van der Waals surface area contributed by atoms with Crippen LogP contribution < -0.4 is 5.32 Å². The SMILES string of the molecule is CNc1nc(Br)co1. The van der Waals surface area contributed by atoms with Crippen LogP contribution in [-0.4, -0.2) is 12.0 Å². The van der Waals surface area contributed by atoms with Crippen LogP contribution in [0.3, 0.4) is 0 Å². The predicted molar refractivity (Wildman–Crippen MR) is 33.7 cm³/mol. The zero-order chi connectivity index (χ0) is 5.98. The van der Waals surface area contributed by atoms with Gasteiger partial charge in [0.2, 0.25) is 0 Å². The summed E-state index contributed by atoms with van der Waals surface area (Å²) in [5.74, 6) is 0. The quantitative estimate of drug-likeness (QED) is 0.705. The van der Waals surface area contributed by atoms with Gasteiger partial charge < -0.3 is 9.73 Å². The second-order valence-electron chi connectivity index (χ2n) is 1.23. The van der Waals surface area contributed by atoms with Crippen LogP contribution in [0.25, 0.3) is 0 Å². The summed E-state index contributed by atoms with van der Waals surface area (Å²) in [5, 5.41) is 2.74. The maximum atomic E-state index is 4.84. The molecule has 0 bridgehead atoms. The van der Waals surface area contributed by atoms with Crippen molar-refractivity contribution in [3.05, 3.63) is 10.9 Å². The monoisotopic (exact) mass is 176 g/mol. The molecule has 0 amide bonds. The van der Waals surface area contributed by atoms with Crippen molar-refractivity contribution < 1.29 is 4.42 Å². The number of hydrogen-bond donors (Lipinski definition) is 1. The Bertz CT molecular complexity index is 174. The molecule has 0 aliphatic rings. The van der Waals surface area contributed by atoms with E-state index in [0.717, 1.165) is 0 Å². The fourth-order valence-electron chi connectivity index (χ4n) is 0.369. The predicted octanol–water partition coefficient (Wildman–Crippen LogP) is 1.48. The molecule has 44 valence electrons. The van der Waals surface area contributed by atoms with Crippen LogP contribution in [0.1, 0.15) is 0 Å². The van der Waals surface area contributed by atoms with Gasteiger partial charge in [0.05, 0.1) is 0 Å². The van der Waals surface area contributed by atoms with Gasteiger partial charge in [-0.15, -0.1) is 0 Å². The van der Waals surface area contributed by atoms with Gasteiger partial charge in [0.25, 0.3) is 6.01 Å². The number of aromatic nitrogens is 1.